The van der Waals surface area contributed by atoms with Crippen LogP contribution in [-0.4, -0.2) is 61.2 Å². The van der Waals surface area contributed by atoms with E-state index in [1.54, 1.807) is 37.6 Å². The maximum absolute atomic E-state index is 12.8. The molecule has 0 aliphatic rings. The molecule has 0 aliphatic heterocycles. The zero-order valence-electron chi connectivity index (χ0n) is 17.8. The van der Waals surface area contributed by atoms with Gasteiger partial charge in [0.25, 0.3) is 17.7 Å². The fourth-order valence-corrected chi connectivity index (χ4v) is 2.78. The first-order chi connectivity index (χ1) is 14.8. The maximum atomic E-state index is 12.8. The standard InChI is InChI=1S/C22H25N3O6/c1-22(20(27)23-2,21(28)24-29)25(3)19(26)17-9-7-15(8-10-17)5-6-16-13-18(31-14-16)11-12-30-4/h7-10,13-14,29H,11-12H2,1-4H3,(H,23,27)(H,24,28). The predicted octanol–water partition coefficient (Wildman–Crippen LogP) is 0.950. The minimum Gasteiger partial charge on any atom is -0.468 e. The molecule has 164 valence electrons. The van der Waals surface area contributed by atoms with Gasteiger partial charge in [0, 0.05) is 38.8 Å². The Bertz CT molecular complexity index is 984. The second-order valence-corrected chi connectivity index (χ2v) is 6.83. The van der Waals surface area contributed by atoms with Crippen LogP contribution in [0.3, 0.4) is 0 Å². The number of hydroxylamine groups is 1. The first-order valence-electron chi connectivity index (χ1n) is 9.41. The Hall–Kier alpha value is -3.61. The van der Waals surface area contributed by atoms with Crippen LogP contribution in [0.2, 0.25) is 0 Å². The largest absolute Gasteiger partial charge is 0.468 e. The number of carbonyl (C=O) groups excluding carboxylic acids is 3. The fourth-order valence-electron chi connectivity index (χ4n) is 2.78. The second kappa shape index (κ2) is 10.4. The molecule has 2 aromatic rings. The minimum atomic E-state index is -1.94. The Labute approximate surface area is 180 Å². The van der Waals surface area contributed by atoms with Gasteiger partial charge in [-0.1, -0.05) is 11.8 Å². The van der Waals surface area contributed by atoms with Crippen molar-refractivity contribution in [3.8, 4) is 11.8 Å². The van der Waals surface area contributed by atoms with Crippen LogP contribution in [0.15, 0.2) is 41.0 Å². The molecule has 3 N–H and O–H groups in total. The molecule has 31 heavy (non-hydrogen) atoms. The summed E-state index contributed by atoms with van der Waals surface area (Å²) < 4.78 is 10.4. The molecule has 1 heterocycles. The molecule has 0 saturated carbocycles. The molecule has 1 aromatic carbocycles. The van der Waals surface area contributed by atoms with Crippen molar-refractivity contribution in [2.75, 3.05) is 27.8 Å². The van der Waals surface area contributed by atoms with Crippen molar-refractivity contribution in [1.82, 2.24) is 15.7 Å². The highest BCUT2D eigenvalue weighted by atomic mass is 16.5. The Morgan fingerprint density at radius 3 is 2.39 bits per heavy atom. The van der Waals surface area contributed by atoms with E-state index in [0.29, 0.717) is 18.6 Å². The Morgan fingerprint density at radius 2 is 1.81 bits per heavy atom. The summed E-state index contributed by atoms with van der Waals surface area (Å²) in [4.78, 5) is 38.1. The molecule has 0 saturated heterocycles. The van der Waals surface area contributed by atoms with Crippen LogP contribution in [0, 0.1) is 11.8 Å². The van der Waals surface area contributed by atoms with Gasteiger partial charge in [0.05, 0.1) is 12.2 Å². The summed E-state index contributed by atoms with van der Waals surface area (Å²) in [5.41, 5.74) is 1.13. The smallest absolute Gasteiger partial charge is 0.278 e. The summed E-state index contributed by atoms with van der Waals surface area (Å²) >= 11 is 0. The highest BCUT2D eigenvalue weighted by molar-refractivity contribution is 6.12. The van der Waals surface area contributed by atoms with Crippen LogP contribution in [0.4, 0.5) is 0 Å². The van der Waals surface area contributed by atoms with Crippen molar-refractivity contribution < 1.29 is 28.7 Å². The van der Waals surface area contributed by atoms with Crippen LogP contribution in [0.5, 0.6) is 0 Å². The van der Waals surface area contributed by atoms with Gasteiger partial charge in [-0.3, -0.25) is 19.6 Å². The van der Waals surface area contributed by atoms with Crippen LogP contribution in [0.1, 0.15) is 34.2 Å². The topological polar surface area (TPSA) is 121 Å². The molecule has 1 atom stereocenters. The molecule has 0 radical (unpaired) electrons. The number of nitrogens with one attached hydrogen (secondary N) is 2. The van der Waals surface area contributed by atoms with Gasteiger partial charge in [-0.05, 0) is 37.3 Å². The first-order valence-corrected chi connectivity index (χ1v) is 9.41. The number of hydrogen-bond donors (Lipinski definition) is 3. The van der Waals surface area contributed by atoms with Crippen molar-refractivity contribution in [3.63, 3.8) is 0 Å². The van der Waals surface area contributed by atoms with Gasteiger partial charge in [0.15, 0.2) is 5.54 Å². The van der Waals surface area contributed by atoms with Crippen LogP contribution < -0.4 is 10.8 Å². The molecule has 0 spiro atoms. The van der Waals surface area contributed by atoms with Crippen molar-refractivity contribution >= 4 is 17.7 Å². The van der Waals surface area contributed by atoms with Crippen molar-refractivity contribution in [2.24, 2.45) is 0 Å². The lowest BCUT2D eigenvalue weighted by molar-refractivity contribution is -0.148. The molecule has 0 bridgehead atoms. The number of likely N-dealkylation sites (N-methyl/N-ethyl adjacent to an activating group) is 2. The third-order valence-corrected chi connectivity index (χ3v) is 4.88. The van der Waals surface area contributed by atoms with Gasteiger partial charge < -0.3 is 19.4 Å². The van der Waals surface area contributed by atoms with Gasteiger partial charge in [-0.15, -0.1) is 0 Å². The van der Waals surface area contributed by atoms with E-state index >= 15 is 0 Å². The summed E-state index contributed by atoms with van der Waals surface area (Å²) in [6.45, 7) is 1.80. The molecular weight excluding hydrogens is 402 g/mol. The average molecular weight is 427 g/mol. The molecular formula is C22H25N3O6. The lowest BCUT2D eigenvalue weighted by Crippen LogP contribution is -2.64. The van der Waals surface area contributed by atoms with Gasteiger partial charge in [-0.25, -0.2) is 5.48 Å². The van der Waals surface area contributed by atoms with E-state index in [-0.39, 0.29) is 5.56 Å². The minimum absolute atomic E-state index is 0.249. The summed E-state index contributed by atoms with van der Waals surface area (Å²) in [7, 11) is 4.26. The highest BCUT2D eigenvalue weighted by Crippen LogP contribution is 2.18. The number of rotatable bonds is 7. The van der Waals surface area contributed by atoms with Gasteiger partial charge in [0.2, 0.25) is 0 Å². The summed E-state index contributed by atoms with van der Waals surface area (Å²) in [5, 5.41) is 11.3. The monoisotopic (exact) mass is 427 g/mol. The Morgan fingerprint density at radius 1 is 1.16 bits per heavy atom. The molecule has 1 aromatic heterocycles. The van der Waals surface area contributed by atoms with Crippen LogP contribution >= 0.6 is 0 Å². The molecule has 1 unspecified atom stereocenters. The molecule has 0 aliphatic carbocycles. The van der Waals surface area contributed by atoms with Gasteiger partial charge in [0.1, 0.15) is 12.0 Å². The van der Waals surface area contributed by atoms with E-state index in [9.17, 15) is 14.4 Å². The average Bonchev–Trinajstić information content (AvgIpc) is 3.26. The number of carbonyl (C=O) groups is 3. The number of benzene rings is 1. The van der Waals surface area contributed by atoms with E-state index in [0.717, 1.165) is 16.2 Å². The molecule has 9 heteroatoms. The molecule has 0 fully saturated rings. The highest BCUT2D eigenvalue weighted by Gasteiger charge is 2.47. The number of nitrogens with zero attached hydrogens (tertiary/aromatic N) is 1. The Kier molecular flexibility index (Phi) is 7.96. The third-order valence-electron chi connectivity index (χ3n) is 4.88. The normalized spacial score (nSPS) is 12.2. The Balaban J connectivity index is 2.17. The van der Waals surface area contributed by atoms with E-state index in [1.807, 2.05) is 6.07 Å². The number of amides is 3. The second-order valence-electron chi connectivity index (χ2n) is 6.83. The zero-order chi connectivity index (χ0) is 23.0. The van der Waals surface area contributed by atoms with E-state index < -0.39 is 23.3 Å². The number of methoxy groups -OCH3 is 1. The number of ether oxygens (including phenoxy) is 1. The quantitative estimate of drug-likeness (QED) is 0.262. The summed E-state index contributed by atoms with van der Waals surface area (Å²) in [6, 6.07) is 8.24. The van der Waals surface area contributed by atoms with Crippen molar-refractivity contribution in [1.29, 1.82) is 0 Å². The maximum Gasteiger partial charge on any atom is 0.278 e. The van der Waals surface area contributed by atoms with Gasteiger partial charge in [-0.2, -0.15) is 0 Å². The predicted molar refractivity (Wildman–Crippen MR) is 111 cm³/mol. The number of furan rings is 1. The fraction of sp³-hybridized carbons (Fsp3) is 0.318. The lowest BCUT2D eigenvalue weighted by atomic mass is 9.96. The van der Waals surface area contributed by atoms with E-state index in [2.05, 4.69) is 17.2 Å². The third kappa shape index (κ3) is 5.31. The number of hydrogen-bond acceptors (Lipinski definition) is 6. The van der Waals surface area contributed by atoms with Crippen LogP contribution in [0.25, 0.3) is 0 Å². The molecule has 2 rings (SSSR count). The summed E-state index contributed by atoms with van der Waals surface area (Å²) in [5.74, 6) is 4.39. The zero-order valence-corrected chi connectivity index (χ0v) is 17.8. The molecule has 9 nitrogen and oxygen atoms in total. The van der Waals surface area contributed by atoms with E-state index in [4.69, 9.17) is 14.4 Å². The van der Waals surface area contributed by atoms with Crippen molar-refractivity contribution in [2.45, 2.75) is 18.9 Å². The van der Waals surface area contributed by atoms with Gasteiger partial charge >= 0.3 is 0 Å². The SMILES string of the molecule is CNC(=O)C(C)(C(=O)NO)N(C)C(=O)c1ccc(C#Cc2coc(CCOC)c2)cc1. The van der Waals surface area contributed by atoms with Crippen LogP contribution in [-0.2, 0) is 20.7 Å². The van der Waals surface area contributed by atoms with E-state index in [1.165, 1.54) is 26.5 Å². The summed E-state index contributed by atoms with van der Waals surface area (Å²) in [6.07, 6.45) is 2.22. The lowest BCUT2D eigenvalue weighted by Gasteiger charge is -2.34. The first kappa shape index (κ1) is 23.7. The molecule has 3 amide bonds. The van der Waals surface area contributed by atoms with Crippen molar-refractivity contribution in [3.05, 3.63) is 59.0 Å².